The van der Waals surface area contributed by atoms with E-state index in [1.54, 1.807) is 0 Å². The fourth-order valence-electron chi connectivity index (χ4n) is 0.884. The van der Waals surface area contributed by atoms with Crippen molar-refractivity contribution in [1.82, 2.24) is 14.8 Å². The second kappa shape index (κ2) is 4.79. The molecule has 1 aromatic rings. The topological polar surface area (TPSA) is 66.0 Å². The molecule has 1 rings (SSSR count). The summed E-state index contributed by atoms with van der Waals surface area (Å²) in [6.07, 6.45) is -4.42. The second-order valence-corrected chi connectivity index (χ2v) is 3.32. The molecule has 0 aliphatic rings. The summed E-state index contributed by atoms with van der Waals surface area (Å²) in [6.45, 7) is -0.170. The number of aromatic nitrogens is 3. The molecular weight excluding hydrogens is 281 g/mol. The highest BCUT2D eigenvalue weighted by atomic mass is 79.9. The number of hydrogen-bond donors (Lipinski definition) is 1. The molecule has 0 aromatic carbocycles. The zero-order valence-electron chi connectivity index (χ0n) is 7.46. The van der Waals surface area contributed by atoms with Crippen LogP contribution in [0.4, 0.5) is 19.1 Å². The van der Waals surface area contributed by atoms with Crippen molar-refractivity contribution in [2.45, 2.75) is 19.3 Å². The average molecular weight is 289 g/mol. The van der Waals surface area contributed by atoms with E-state index in [9.17, 15) is 13.2 Å². The molecule has 86 valence electrons. The van der Waals surface area contributed by atoms with Crippen LogP contribution < -0.4 is 5.73 Å². The van der Waals surface area contributed by atoms with Crippen LogP contribution in [0, 0.1) is 0 Å². The van der Waals surface area contributed by atoms with Crippen LogP contribution in [0.5, 0.6) is 0 Å². The normalized spacial score (nSPS) is 12.0. The molecule has 1 aromatic heterocycles. The van der Waals surface area contributed by atoms with Crippen LogP contribution in [0.25, 0.3) is 0 Å². The fraction of sp³-hybridized carbons (Fsp3) is 0.667. The van der Waals surface area contributed by atoms with Crippen molar-refractivity contribution in [3.05, 3.63) is 4.73 Å². The Balaban J connectivity index is 2.29. The van der Waals surface area contributed by atoms with E-state index >= 15 is 0 Å². The number of rotatable bonds is 4. The first-order valence-electron chi connectivity index (χ1n) is 3.95. The molecule has 0 unspecified atom stereocenters. The molecule has 0 atom stereocenters. The molecule has 0 spiro atoms. The summed E-state index contributed by atoms with van der Waals surface area (Å²) in [5.74, 6) is 0.0682. The van der Waals surface area contributed by atoms with Gasteiger partial charge >= 0.3 is 6.36 Å². The maximum Gasteiger partial charge on any atom is 0.522 e. The summed E-state index contributed by atoms with van der Waals surface area (Å²) >= 11 is 3.06. The summed E-state index contributed by atoms with van der Waals surface area (Å²) in [6, 6.07) is 0. The summed E-state index contributed by atoms with van der Waals surface area (Å²) in [5, 5.41) is 3.74. The molecule has 0 fully saturated rings. The first-order chi connectivity index (χ1) is 6.88. The maximum absolute atomic E-state index is 11.6. The molecule has 0 aliphatic heterocycles. The summed E-state index contributed by atoms with van der Waals surface area (Å²) in [7, 11) is 0. The standard InChI is InChI=1S/C6H8BrF3N4O/c7-4-12-5(11)13-14(4)2-1-3-15-6(8,9)10/h1-3H2,(H2,11,13). The number of nitrogen functional groups attached to an aromatic ring is 1. The third-order valence-electron chi connectivity index (χ3n) is 1.42. The molecule has 0 saturated heterocycles. The van der Waals surface area contributed by atoms with Gasteiger partial charge in [0.05, 0.1) is 6.61 Å². The Hall–Kier alpha value is -0.830. The third kappa shape index (κ3) is 4.47. The highest BCUT2D eigenvalue weighted by Gasteiger charge is 2.28. The van der Waals surface area contributed by atoms with Gasteiger partial charge in [0, 0.05) is 6.54 Å². The van der Waals surface area contributed by atoms with Crippen LogP contribution in [-0.4, -0.2) is 27.7 Å². The molecule has 0 saturated carbocycles. The molecule has 9 heteroatoms. The Morgan fingerprint density at radius 3 is 2.60 bits per heavy atom. The lowest BCUT2D eigenvalue weighted by Crippen LogP contribution is -2.15. The predicted octanol–water partition coefficient (Wildman–Crippen LogP) is 1.55. The lowest BCUT2D eigenvalue weighted by molar-refractivity contribution is -0.324. The Morgan fingerprint density at radius 2 is 2.13 bits per heavy atom. The van der Waals surface area contributed by atoms with Gasteiger partial charge in [-0.1, -0.05) is 0 Å². The number of alkyl halides is 3. The minimum absolute atomic E-state index is 0.0682. The molecule has 0 bridgehead atoms. The quantitative estimate of drug-likeness (QED) is 0.854. The Labute approximate surface area is 91.5 Å². The fourth-order valence-corrected chi connectivity index (χ4v) is 1.32. The van der Waals surface area contributed by atoms with Gasteiger partial charge < -0.3 is 5.73 Å². The van der Waals surface area contributed by atoms with Crippen molar-refractivity contribution >= 4 is 21.9 Å². The van der Waals surface area contributed by atoms with Crippen LogP contribution >= 0.6 is 15.9 Å². The van der Waals surface area contributed by atoms with Crippen LogP contribution in [0.3, 0.4) is 0 Å². The predicted molar refractivity (Wildman–Crippen MR) is 48.8 cm³/mol. The minimum atomic E-state index is -4.58. The number of anilines is 1. The summed E-state index contributed by atoms with van der Waals surface area (Å²) in [4.78, 5) is 3.72. The van der Waals surface area contributed by atoms with E-state index in [-0.39, 0.29) is 18.9 Å². The third-order valence-corrected chi connectivity index (χ3v) is 2.01. The van der Waals surface area contributed by atoms with Crippen LogP contribution in [0.15, 0.2) is 4.73 Å². The van der Waals surface area contributed by atoms with Crippen molar-refractivity contribution in [2.24, 2.45) is 0 Å². The van der Waals surface area contributed by atoms with Crippen molar-refractivity contribution in [2.75, 3.05) is 12.3 Å². The van der Waals surface area contributed by atoms with Crippen molar-refractivity contribution < 1.29 is 17.9 Å². The zero-order chi connectivity index (χ0) is 11.5. The van der Waals surface area contributed by atoms with Crippen LogP contribution in [-0.2, 0) is 11.3 Å². The van der Waals surface area contributed by atoms with Crippen LogP contribution in [0.1, 0.15) is 6.42 Å². The van der Waals surface area contributed by atoms with Crippen LogP contribution in [0.2, 0.25) is 0 Å². The Morgan fingerprint density at radius 1 is 1.47 bits per heavy atom. The largest absolute Gasteiger partial charge is 0.522 e. The maximum atomic E-state index is 11.6. The summed E-state index contributed by atoms with van der Waals surface area (Å²) in [5.41, 5.74) is 5.27. The van der Waals surface area contributed by atoms with Gasteiger partial charge in [0.25, 0.3) is 0 Å². The first-order valence-corrected chi connectivity index (χ1v) is 4.74. The molecule has 2 N–H and O–H groups in total. The lowest BCUT2D eigenvalue weighted by atomic mass is 10.4. The van der Waals surface area contributed by atoms with Gasteiger partial charge in [0.2, 0.25) is 5.95 Å². The van der Waals surface area contributed by atoms with Gasteiger partial charge in [-0.2, -0.15) is 4.98 Å². The van der Waals surface area contributed by atoms with E-state index in [2.05, 4.69) is 30.7 Å². The minimum Gasteiger partial charge on any atom is -0.366 e. The van der Waals surface area contributed by atoms with E-state index < -0.39 is 13.0 Å². The monoisotopic (exact) mass is 288 g/mol. The molecule has 0 radical (unpaired) electrons. The highest BCUT2D eigenvalue weighted by Crippen LogP contribution is 2.16. The number of nitrogens with two attached hydrogens (primary N) is 1. The highest BCUT2D eigenvalue weighted by molar-refractivity contribution is 9.10. The molecule has 0 amide bonds. The number of ether oxygens (including phenoxy) is 1. The van der Waals surface area contributed by atoms with Crippen molar-refractivity contribution in [1.29, 1.82) is 0 Å². The first kappa shape index (κ1) is 12.2. The Bertz CT molecular complexity index is 327. The van der Waals surface area contributed by atoms with Gasteiger partial charge in [-0.3, -0.25) is 4.74 Å². The van der Waals surface area contributed by atoms with E-state index in [0.717, 1.165) is 0 Å². The van der Waals surface area contributed by atoms with E-state index in [1.165, 1.54) is 4.68 Å². The molecule has 5 nitrogen and oxygen atoms in total. The zero-order valence-corrected chi connectivity index (χ0v) is 9.05. The van der Waals surface area contributed by atoms with Crippen molar-refractivity contribution in [3.63, 3.8) is 0 Å². The van der Waals surface area contributed by atoms with Gasteiger partial charge in [0.1, 0.15) is 0 Å². The smallest absolute Gasteiger partial charge is 0.366 e. The van der Waals surface area contributed by atoms with E-state index in [1.807, 2.05) is 0 Å². The Kier molecular flexibility index (Phi) is 3.91. The van der Waals surface area contributed by atoms with Gasteiger partial charge in [0.15, 0.2) is 4.73 Å². The number of nitrogens with zero attached hydrogens (tertiary/aromatic N) is 3. The summed E-state index contributed by atoms with van der Waals surface area (Å²) < 4.78 is 40.1. The van der Waals surface area contributed by atoms with E-state index in [4.69, 9.17) is 5.73 Å². The van der Waals surface area contributed by atoms with E-state index in [0.29, 0.717) is 4.73 Å². The van der Waals surface area contributed by atoms with Crippen molar-refractivity contribution in [3.8, 4) is 0 Å². The molecule has 1 heterocycles. The SMILES string of the molecule is Nc1nc(Br)n(CCCOC(F)(F)F)n1. The van der Waals surface area contributed by atoms with Gasteiger partial charge in [-0.25, -0.2) is 4.68 Å². The second-order valence-electron chi connectivity index (χ2n) is 2.61. The average Bonchev–Trinajstić information content (AvgIpc) is 2.37. The molecular formula is C6H8BrF3N4O. The van der Waals surface area contributed by atoms with Gasteiger partial charge in [-0.15, -0.1) is 18.3 Å². The lowest BCUT2D eigenvalue weighted by Gasteiger charge is -2.06. The number of aryl methyl sites for hydroxylation is 1. The molecule has 15 heavy (non-hydrogen) atoms. The van der Waals surface area contributed by atoms with Gasteiger partial charge in [-0.05, 0) is 22.4 Å². The number of hydrogen-bond acceptors (Lipinski definition) is 4. The number of halogens is 4. The molecule has 0 aliphatic carbocycles.